The third kappa shape index (κ3) is 2.73. The topological polar surface area (TPSA) is 26.7 Å². The Balaban J connectivity index is 2.04. The van der Waals surface area contributed by atoms with Crippen molar-refractivity contribution in [3.8, 4) is 0 Å². The van der Waals surface area contributed by atoms with E-state index in [2.05, 4.69) is 44.7 Å². The number of likely N-dealkylation sites (N-methyl/N-ethyl adjacent to an activating group) is 1. The lowest BCUT2D eigenvalue weighted by Crippen LogP contribution is -2.51. The Morgan fingerprint density at radius 3 is 2.17 bits per heavy atom. The van der Waals surface area contributed by atoms with Gasteiger partial charge in [-0.15, -0.1) is 0 Å². The predicted octanol–water partition coefficient (Wildman–Crippen LogP) is 1.66. The van der Waals surface area contributed by atoms with Crippen molar-refractivity contribution in [2.24, 2.45) is 17.8 Å². The highest BCUT2D eigenvalue weighted by Crippen LogP contribution is 2.35. The minimum Gasteiger partial charge on any atom is -0.391 e. The van der Waals surface area contributed by atoms with E-state index in [1.807, 2.05) is 0 Å². The van der Waals surface area contributed by atoms with Crippen LogP contribution in [0.5, 0.6) is 0 Å². The van der Waals surface area contributed by atoms with Crippen molar-refractivity contribution >= 4 is 0 Å². The van der Waals surface area contributed by atoms with E-state index in [0.29, 0.717) is 29.8 Å². The SMILES string of the molecule is CC1CC(C)C(N2CC(C)C(N(C)C)C2)C(O)C1. The molecule has 0 bridgehead atoms. The lowest BCUT2D eigenvalue weighted by Gasteiger charge is -2.42. The molecule has 1 aliphatic carbocycles. The molecule has 3 heteroatoms. The van der Waals surface area contributed by atoms with Gasteiger partial charge in [-0.2, -0.15) is 0 Å². The zero-order valence-electron chi connectivity index (χ0n) is 12.6. The van der Waals surface area contributed by atoms with Crippen LogP contribution in [-0.4, -0.2) is 60.3 Å². The van der Waals surface area contributed by atoms with Crippen molar-refractivity contribution < 1.29 is 5.11 Å². The second kappa shape index (κ2) is 5.48. The molecule has 1 saturated heterocycles. The Kier molecular flexibility index (Phi) is 4.35. The molecule has 18 heavy (non-hydrogen) atoms. The molecule has 1 saturated carbocycles. The van der Waals surface area contributed by atoms with Gasteiger partial charge < -0.3 is 10.0 Å². The third-order valence-electron chi connectivity index (χ3n) is 5.08. The van der Waals surface area contributed by atoms with Crippen LogP contribution in [0.2, 0.25) is 0 Å². The quantitative estimate of drug-likeness (QED) is 0.812. The van der Waals surface area contributed by atoms with E-state index in [9.17, 15) is 5.11 Å². The average molecular weight is 254 g/mol. The van der Waals surface area contributed by atoms with Gasteiger partial charge in [0.15, 0.2) is 0 Å². The molecule has 106 valence electrons. The molecule has 0 aromatic rings. The molecule has 1 heterocycles. The first kappa shape index (κ1) is 14.3. The first-order valence-electron chi connectivity index (χ1n) is 7.48. The molecule has 2 fully saturated rings. The summed E-state index contributed by atoms with van der Waals surface area (Å²) in [5, 5.41) is 10.4. The van der Waals surface area contributed by atoms with E-state index < -0.39 is 0 Å². The molecule has 2 rings (SSSR count). The number of nitrogens with zero attached hydrogens (tertiary/aromatic N) is 2. The van der Waals surface area contributed by atoms with E-state index in [1.54, 1.807) is 0 Å². The van der Waals surface area contributed by atoms with Gasteiger partial charge in [0.2, 0.25) is 0 Å². The predicted molar refractivity (Wildman–Crippen MR) is 75.6 cm³/mol. The smallest absolute Gasteiger partial charge is 0.0700 e. The number of likely N-dealkylation sites (tertiary alicyclic amines) is 1. The fraction of sp³-hybridized carbons (Fsp3) is 1.00. The van der Waals surface area contributed by atoms with Gasteiger partial charge in [0, 0.05) is 25.2 Å². The Morgan fingerprint density at radius 2 is 1.67 bits per heavy atom. The number of aliphatic hydroxyl groups is 1. The van der Waals surface area contributed by atoms with Gasteiger partial charge in [0.05, 0.1) is 6.10 Å². The molecule has 6 unspecified atom stereocenters. The molecule has 3 nitrogen and oxygen atoms in total. The summed E-state index contributed by atoms with van der Waals surface area (Å²) in [5.74, 6) is 2.01. The monoisotopic (exact) mass is 254 g/mol. The van der Waals surface area contributed by atoms with Crippen LogP contribution in [0.3, 0.4) is 0 Å². The van der Waals surface area contributed by atoms with Crippen LogP contribution < -0.4 is 0 Å². The maximum Gasteiger partial charge on any atom is 0.0700 e. The van der Waals surface area contributed by atoms with Crippen LogP contribution in [0, 0.1) is 17.8 Å². The van der Waals surface area contributed by atoms with Gasteiger partial charge in [-0.25, -0.2) is 0 Å². The minimum atomic E-state index is -0.128. The molecule has 2 aliphatic rings. The summed E-state index contributed by atoms with van der Waals surface area (Å²) in [6.45, 7) is 9.19. The van der Waals surface area contributed by atoms with Crippen LogP contribution in [0.1, 0.15) is 33.6 Å². The summed E-state index contributed by atoms with van der Waals surface area (Å²) in [7, 11) is 4.35. The van der Waals surface area contributed by atoms with Crippen molar-refractivity contribution in [1.82, 2.24) is 9.80 Å². The average Bonchev–Trinajstić information content (AvgIpc) is 2.58. The van der Waals surface area contributed by atoms with Gasteiger partial charge in [-0.3, -0.25) is 4.90 Å². The zero-order chi connectivity index (χ0) is 13.4. The van der Waals surface area contributed by atoms with E-state index in [-0.39, 0.29) is 6.10 Å². The first-order chi connectivity index (χ1) is 8.40. The van der Waals surface area contributed by atoms with Crippen LogP contribution in [-0.2, 0) is 0 Å². The number of hydrogen-bond donors (Lipinski definition) is 1. The zero-order valence-corrected chi connectivity index (χ0v) is 12.6. The summed E-state index contributed by atoms with van der Waals surface area (Å²) in [5.41, 5.74) is 0. The first-order valence-corrected chi connectivity index (χ1v) is 7.48. The number of hydrogen-bond acceptors (Lipinski definition) is 3. The van der Waals surface area contributed by atoms with Crippen LogP contribution in [0.15, 0.2) is 0 Å². The second-order valence-corrected chi connectivity index (χ2v) is 7.07. The highest BCUT2D eigenvalue weighted by Gasteiger charge is 2.42. The number of aliphatic hydroxyl groups excluding tert-OH is 1. The molecular weight excluding hydrogens is 224 g/mol. The summed E-state index contributed by atoms with van der Waals surface area (Å²) >= 11 is 0. The van der Waals surface area contributed by atoms with Gasteiger partial charge >= 0.3 is 0 Å². The van der Waals surface area contributed by atoms with Crippen molar-refractivity contribution in [2.75, 3.05) is 27.2 Å². The van der Waals surface area contributed by atoms with E-state index >= 15 is 0 Å². The van der Waals surface area contributed by atoms with E-state index in [4.69, 9.17) is 0 Å². The summed E-state index contributed by atoms with van der Waals surface area (Å²) < 4.78 is 0. The Morgan fingerprint density at radius 1 is 1.00 bits per heavy atom. The van der Waals surface area contributed by atoms with Crippen LogP contribution in [0.25, 0.3) is 0 Å². The highest BCUT2D eigenvalue weighted by molar-refractivity contribution is 4.96. The molecule has 1 aliphatic heterocycles. The van der Waals surface area contributed by atoms with Crippen molar-refractivity contribution in [1.29, 1.82) is 0 Å². The van der Waals surface area contributed by atoms with E-state index in [1.165, 1.54) is 6.42 Å². The molecule has 0 aromatic carbocycles. The largest absolute Gasteiger partial charge is 0.391 e. The maximum atomic E-state index is 10.4. The molecule has 6 atom stereocenters. The maximum absolute atomic E-state index is 10.4. The molecule has 1 N–H and O–H groups in total. The molecule has 0 amide bonds. The third-order valence-corrected chi connectivity index (χ3v) is 5.08. The second-order valence-electron chi connectivity index (χ2n) is 7.07. The Bertz CT molecular complexity index is 270. The molecule has 0 radical (unpaired) electrons. The standard InChI is InChI=1S/C15H30N2O/c1-10-6-11(2)15(14(18)7-10)17-8-12(3)13(9-17)16(4)5/h10-15,18H,6-9H2,1-5H3. The van der Waals surface area contributed by atoms with Crippen LogP contribution in [0.4, 0.5) is 0 Å². The highest BCUT2D eigenvalue weighted by atomic mass is 16.3. The number of rotatable bonds is 2. The van der Waals surface area contributed by atoms with Crippen LogP contribution >= 0.6 is 0 Å². The van der Waals surface area contributed by atoms with Gasteiger partial charge in [-0.1, -0.05) is 20.8 Å². The van der Waals surface area contributed by atoms with Crippen molar-refractivity contribution in [3.05, 3.63) is 0 Å². The Labute approximate surface area is 112 Å². The minimum absolute atomic E-state index is 0.128. The Hall–Kier alpha value is -0.120. The fourth-order valence-electron chi connectivity index (χ4n) is 4.31. The summed E-state index contributed by atoms with van der Waals surface area (Å²) in [6.07, 6.45) is 2.11. The molecular formula is C15H30N2O. The lowest BCUT2D eigenvalue weighted by molar-refractivity contribution is -0.0176. The molecule has 0 aromatic heterocycles. The lowest BCUT2D eigenvalue weighted by atomic mass is 9.77. The normalized spacial score (nSPS) is 46.8. The summed E-state index contributed by atoms with van der Waals surface area (Å²) in [6, 6.07) is 1.03. The van der Waals surface area contributed by atoms with Crippen molar-refractivity contribution in [3.63, 3.8) is 0 Å². The fourth-order valence-corrected chi connectivity index (χ4v) is 4.31. The van der Waals surface area contributed by atoms with Gasteiger partial charge in [0.25, 0.3) is 0 Å². The van der Waals surface area contributed by atoms with E-state index in [0.717, 1.165) is 19.5 Å². The summed E-state index contributed by atoms with van der Waals surface area (Å²) in [4.78, 5) is 4.89. The van der Waals surface area contributed by atoms with Crippen molar-refractivity contribution in [2.45, 2.75) is 51.8 Å². The van der Waals surface area contributed by atoms with Gasteiger partial charge in [-0.05, 0) is 44.7 Å². The van der Waals surface area contributed by atoms with Gasteiger partial charge in [0.1, 0.15) is 0 Å². The molecule has 0 spiro atoms.